The van der Waals surface area contributed by atoms with Crippen LogP contribution in [0.15, 0.2) is 18.2 Å². The van der Waals surface area contributed by atoms with Gasteiger partial charge in [0.05, 0.1) is 18.8 Å². The molecule has 0 aliphatic carbocycles. The monoisotopic (exact) mass is 347 g/mol. The topological polar surface area (TPSA) is 44.8 Å². The van der Waals surface area contributed by atoms with E-state index in [4.69, 9.17) is 4.74 Å². The maximum Gasteiger partial charge on any atom is 0.241 e. The second-order valence-electron chi connectivity index (χ2n) is 7.42. The molecule has 0 unspecified atom stereocenters. The largest absolute Gasteiger partial charge is 0.376 e. The van der Waals surface area contributed by atoms with Gasteiger partial charge in [-0.15, -0.1) is 0 Å². The van der Waals surface area contributed by atoms with E-state index in [9.17, 15) is 4.79 Å². The molecule has 5 nitrogen and oxygen atoms in total. The molecule has 0 saturated carbocycles. The number of rotatable bonds is 7. The lowest BCUT2D eigenvalue weighted by atomic mass is 10.1. The summed E-state index contributed by atoms with van der Waals surface area (Å²) in [4.78, 5) is 17.1. The number of carbonyl (C=O) groups excluding carboxylic acids is 1. The Morgan fingerprint density at radius 1 is 1.40 bits per heavy atom. The first-order chi connectivity index (χ1) is 11.9. The fourth-order valence-corrected chi connectivity index (χ4v) is 3.13. The maximum absolute atomic E-state index is 12.7. The van der Waals surface area contributed by atoms with Crippen LogP contribution >= 0.6 is 0 Å². The van der Waals surface area contributed by atoms with Gasteiger partial charge in [0.2, 0.25) is 5.91 Å². The second-order valence-corrected chi connectivity index (χ2v) is 7.42. The van der Waals surface area contributed by atoms with Crippen LogP contribution in [-0.4, -0.2) is 68.2 Å². The predicted octanol–water partition coefficient (Wildman–Crippen LogP) is 2.67. The van der Waals surface area contributed by atoms with Crippen LogP contribution in [0.4, 0.5) is 5.69 Å². The number of amides is 1. The summed E-state index contributed by atoms with van der Waals surface area (Å²) < 4.78 is 5.99. The minimum atomic E-state index is -0.153. The number of piperidine rings is 1. The van der Waals surface area contributed by atoms with Crippen molar-refractivity contribution in [3.63, 3.8) is 0 Å². The average molecular weight is 348 g/mol. The van der Waals surface area contributed by atoms with Gasteiger partial charge in [0, 0.05) is 18.8 Å². The quantitative estimate of drug-likeness (QED) is 0.824. The van der Waals surface area contributed by atoms with E-state index in [0.29, 0.717) is 0 Å². The van der Waals surface area contributed by atoms with Gasteiger partial charge >= 0.3 is 0 Å². The van der Waals surface area contributed by atoms with E-state index >= 15 is 0 Å². The van der Waals surface area contributed by atoms with Gasteiger partial charge in [-0.2, -0.15) is 0 Å². The molecule has 1 amide bonds. The fourth-order valence-electron chi connectivity index (χ4n) is 3.13. The van der Waals surface area contributed by atoms with Crippen molar-refractivity contribution >= 4 is 11.6 Å². The number of anilines is 1. The normalized spacial score (nSPS) is 19.8. The van der Waals surface area contributed by atoms with E-state index in [1.165, 1.54) is 0 Å². The van der Waals surface area contributed by atoms with Crippen LogP contribution in [0.2, 0.25) is 0 Å². The molecule has 1 aliphatic rings. The summed E-state index contributed by atoms with van der Waals surface area (Å²) in [5.74, 6) is 0.0580. The first kappa shape index (κ1) is 19.9. The first-order valence-corrected chi connectivity index (χ1v) is 9.25. The van der Waals surface area contributed by atoms with Crippen LogP contribution in [0.1, 0.15) is 30.9 Å². The van der Waals surface area contributed by atoms with Crippen molar-refractivity contribution in [2.24, 2.45) is 0 Å². The Morgan fingerprint density at radius 3 is 2.88 bits per heavy atom. The number of carbonyl (C=O) groups is 1. The molecule has 1 heterocycles. The number of hydrogen-bond acceptors (Lipinski definition) is 4. The number of hydrogen-bond donors (Lipinski definition) is 1. The van der Waals surface area contributed by atoms with Gasteiger partial charge < -0.3 is 15.0 Å². The Hall–Kier alpha value is -1.43. The Morgan fingerprint density at radius 2 is 2.16 bits per heavy atom. The van der Waals surface area contributed by atoms with Gasteiger partial charge in [0.1, 0.15) is 0 Å². The summed E-state index contributed by atoms with van der Waals surface area (Å²) >= 11 is 0. The summed E-state index contributed by atoms with van der Waals surface area (Å²) in [6, 6.07) is 5.99. The first-order valence-electron chi connectivity index (χ1n) is 9.25. The number of aryl methyl sites for hydroxylation is 2. The number of likely N-dealkylation sites (tertiary alicyclic amines) is 1. The van der Waals surface area contributed by atoms with Crippen molar-refractivity contribution in [1.82, 2.24) is 9.80 Å². The molecule has 1 aromatic carbocycles. The molecule has 5 heteroatoms. The number of benzene rings is 1. The third-order valence-corrected chi connectivity index (χ3v) is 4.88. The zero-order valence-corrected chi connectivity index (χ0v) is 16.3. The summed E-state index contributed by atoms with van der Waals surface area (Å²) in [5, 5.41) is 3.09. The summed E-state index contributed by atoms with van der Waals surface area (Å²) in [6.45, 7) is 9.51. The highest BCUT2D eigenvalue weighted by molar-refractivity contribution is 5.95. The van der Waals surface area contributed by atoms with E-state index in [-0.39, 0.29) is 18.1 Å². The smallest absolute Gasteiger partial charge is 0.241 e. The average Bonchev–Trinajstić information content (AvgIpc) is 2.57. The van der Waals surface area contributed by atoms with E-state index in [2.05, 4.69) is 35.3 Å². The summed E-state index contributed by atoms with van der Waals surface area (Å²) in [6.07, 6.45) is 2.38. The molecule has 1 N–H and O–H groups in total. The van der Waals surface area contributed by atoms with Crippen molar-refractivity contribution in [3.8, 4) is 0 Å². The van der Waals surface area contributed by atoms with Gasteiger partial charge in [-0.1, -0.05) is 12.1 Å². The van der Waals surface area contributed by atoms with Crippen molar-refractivity contribution in [1.29, 1.82) is 0 Å². The molecule has 0 radical (unpaired) electrons. The summed E-state index contributed by atoms with van der Waals surface area (Å²) in [5.41, 5.74) is 3.16. The molecule has 25 heavy (non-hydrogen) atoms. The lowest BCUT2D eigenvalue weighted by molar-refractivity contribution is -0.122. The molecule has 2 atom stereocenters. The molecule has 0 bridgehead atoms. The Balaban J connectivity index is 1.88. The zero-order valence-electron chi connectivity index (χ0n) is 16.3. The van der Waals surface area contributed by atoms with Crippen LogP contribution in [0.25, 0.3) is 0 Å². The Labute approximate surface area is 152 Å². The molecule has 1 saturated heterocycles. The van der Waals surface area contributed by atoms with Gasteiger partial charge in [0.25, 0.3) is 0 Å². The van der Waals surface area contributed by atoms with Crippen LogP contribution in [0.3, 0.4) is 0 Å². The van der Waals surface area contributed by atoms with Crippen LogP contribution in [0, 0.1) is 13.8 Å². The second kappa shape index (κ2) is 9.32. The molecule has 1 aliphatic heterocycles. The van der Waals surface area contributed by atoms with Crippen LogP contribution in [0.5, 0.6) is 0 Å². The fraction of sp³-hybridized carbons (Fsp3) is 0.650. The minimum Gasteiger partial charge on any atom is -0.376 e. The lowest BCUT2D eigenvalue weighted by Gasteiger charge is -2.36. The van der Waals surface area contributed by atoms with Crippen molar-refractivity contribution in [3.05, 3.63) is 29.3 Å². The standard InChI is InChI=1S/C20H33N3O2/c1-15-8-9-16(2)19(13-15)21-20(24)17(3)23-10-6-7-18(14-23)25-12-11-22(4)5/h8-9,13,17-18H,6-7,10-12,14H2,1-5H3,(H,21,24)/t17-,18+/m0/s1. The number of nitrogens with one attached hydrogen (secondary N) is 1. The number of ether oxygens (including phenoxy) is 1. The number of nitrogens with zero attached hydrogens (tertiary/aromatic N) is 2. The molecule has 1 fully saturated rings. The van der Waals surface area contributed by atoms with Gasteiger partial charge in [-0.05, 0) is 71.4 Å². The molecular formula is C20H33N3O2. The molecule has 140 valence electrons. The van der Waals surface area contributed by atoms with Crippen LogP contribution in [-0.2, 0) is 9.53 Å². The van der Waals surface area contributed by atoms with E-state index in [0.717, 1.165) is 55.9 Å². The predicted molar refractivity (Wildman–Crippen MR) is 103 cm³/mol. The van der Waals surface area contributed by atoms with Crippen molar-refractivity contribution in [2.75, 3.05) is 45.7 Å². The van der Waals surface area contributed by atoms with E-state index in [1.54, 1.807) is 0 Å². The molecule has 1 aromatic rings. The van der Waals surface area contributed by atoms with E-state index in [1.807, 2.05) is 32.9 Å². The summed E-state index contributed by atoms with van der Waals surface area (Å²) in [7, 11) is 4.10. The van der Waals surface area contributed by atoms with Crippen molar-refractivity contribution < 1.29 is 9.53 Å². The molecule has 2 rings (SSSR count). The third kappa shape index (κ3) is 6.10. The highest BCUT2D eigenvalue weighted by atomic mass is 16.5. The Bertz CT molecular complexity index is 574. The maximum atomic E-state index is 12.7. The Kier molecular flexibility index (Phi) is 7.41. The molecule has 0 spiro atoms. The SMILES string of the molecule is Cc1ccc(C)c(NC(=O)[C@H](C)N2CCC[C@@H](OCCN(C)C)C2)c1. The third-order valence-electron chi connectivity index (χ3n) is 4.88. The van der Waals surface area contributed by atoms with Crippen molar-refractivity contribution in [2.45, 2.75) is 45.8 Å². The highest BCUT2D eigenvalue weighted by Gasteiger charge is 2.28. The molecule has 0 aromatic heterocycles. The van der Waals surface area contributed by atoms with Gasteiger partial charge in [-0.3, -0.25) is 9.69 Å². The zero-order chi connectivity index (χ0) is 18.4. The molecular weight excluding hydrogens is 314 g/mol. The highest BCUT2D eigenvalue weighted by Crippen LogP contribution is 2.19. The van der Waals surface area contributed by atoms with Gasteiger partial charge in [-0.25, -0.2) is 0 Å². The lowest BCUT2D eigenvalue weighted by Crippen LogP contribution is -2.49. The van der Waals surface area contributed by atoms with Gasteiger partial charge in [0.15, 0.2) is 0 Å². The number of likely N-dealkylation sites (N-methyl/N-ethyl adjacent to an activating group) is 1. The minimum absolute atomic E-state index is 0.0580. The van der Waals surface area contributed by atoms with Crippen LogP contribution < -0.4 is 5.32 Å². The van der Waals surface area contributed by atoms with E-state index < -0.39 is 0 Å².